The van der Waals surface area contributed by atoms with Gasteiger partial charge in [-0.05, 0) is 32.4 Å². The molecule has 1 aliphatic rings. The molecule has 0 unspecified atom stereocenters. The average Bonchev–Trinajstić information content (AvgIpc) is 3.18. The number of carbonyl (C=O) groups is 1. The molecule has 0 aliphatic heterocycles. The van der Waals surface area contributed by atoms with Crippen LogP contribution in [0.4, 0.5) is 0 Å². The zero-order valence-electron chi connectivity index (χ0n) is 14.4. The summed E-state index contributed by atoms with van der Waals surface area (Å²) in [6.07, 6.45) is 8.11. The van der Waals surface area contributed by atoms with Crippen molar-refractivity contribution in [2.45, 2.75) is 51.7 Å². The van der Waals surface area contributed by atoms with E-state index in [2.05, 4.69) is 34.1 Å². The lowest BCUT2D eigenvalue weighted by molar-refractivity contribution is 0.0939. The van der Waals surface area contributed by atoms with Crippen LogP contribution in [0.15, 0.2) is 18.6 Å². The van der Waals surface area contributed by atoms with E-state index in [4.69, 9.17) is 5.73 Å². The van der Waals surface area contributed by atoms with Gasteiger partial charge in [0.05, 0.1) is 6.20 Å². The quantitative estimate of drug-likeness (QED) is 0.830. The van der Waals surface area contributed by atoms with Crippen molar-refractivity contribution in [3.8, 4) is 0 Å². The molecule has 1 amide bonds. The third kappa shape index (κ3) is 3.57. The molecule has 2 aromatic rings. The van der Waals surface area contributed by atoms with E-state index in [0.717, 1.165) is 44.5 Å². The van der Waals surface area contributed by atoms with Gasteiger partial charge in [-0.2, -0.15) is 5.10 Å². The maximum atomic E-state index is 12.5. The van der Waals surface area contributed by atoms with Crippen LogP contribution in [0.2, 0.25) is 0 Å². The summed E-state index contributed by atoms with van der Waals surface area (Å²) in [5.41, 5.74) is 8.11. The zero-order valence-corrected chi connectivity index (χ0v) is 14.4. The maximum absolute atomic E-state index is 12.5. The van der Waals surface area contributed by atoms with Crippen LogP contribution < -0.4 is 11.1 Å². The lowest BCUT2D eigenvalue weighted by Crippen LogP contribution is -2.34. The summed E-state index contributed by atoms with van der Waals surface area (Å²) in [6, 6.07) is 0.351. The number of nitrogens with one attached hydrogen (secondary N) is 1. The second kappa shape index (κ2) is 7.27. The minimum Gasteiger partial charge on any atom is -0.349 e. The number of fused-ring (bicyclic) bond motifs is 1. The van der Waals surface area contributed by atoms with Crippen LogP contribution in [-0.4, -0.2) is 50.6 Å². The average molecular weight is 330 g/mol. The SMILES string of the molecule is CCN(CC)Cc1cnc2c(C(=O)N[C@H]3CC[C@H](N)C3)cnn2c1. The number of hydrogen-bond donors (Lipinski definition) is 2. The van der Waals surface area contributed by atoms with E-state index in [-0.39, 0.29) is 18.0 Å². The first kappa shape index (κ1) is 16.9. The second-order valence-corrected chi connectivity index (χ2v) is 6.49. The molecule has 7 heteroatoms. The van der Waals surface area contributed by atoms with E-state index in [0.29, 0.717) is 11.2 Å². The Morgan fingerprint density at radius 1 is 1.38 bits per heavy atom. The highest BCUT2D eigenvalue weighted by molar-refractivity contribution is 5.99. The van der Waals surface area contributed by atoms with Gasteiger partial charge in [0.25, 0.3) is 5.91 Å². The number of amides is 1. The number of aromatic nitrogens is 3. The standard InChI is InChI=1S/C17H26N6O/c1-3-22(4-2)10-12-8-19-16-15(9-20-23(16)11-12)17(24)21-14-6-5-13(18)7-14/h8-9,11,13-14H,3-7,10,18H2,1-2H3,(H,21,24)/t13-,14-/m0/s1. The summed E-state index contributed by atoms with van der Waals surface area (Å²) in [7, 11) is 0. The third-order valence-corrected chi connectivity index (χ3v) is 4.76. The molecule has 0 aromatic carbocycles. The summed E-state index contributed by atoms with van der Waals surface area (Å²) in [4.78, 5) is 19.3. The van der Waals surface area contributed by atoms with Gasteiger partial charge in [0, 0.05) is 36.6 Å². The molecule has 3 N–H and O–H groups in total. The Kier molecular flexibility index (Phi) is 5.11. The van der Waals surface area contributed by atoms with Gasteiger partial charge in [0.1, 0.15) is 5.56 Å². The second-order valence-electron chi connectivity index (χ2n) is 6.49. The van der Waals surface area contributed by atoms with Crippen LogP contribution in [0.25, 0.3) is 5.65 Å². The Labute approximate surface area is 142 Å². The van der Waals surface area contributed by atoms with Crippen LogP contribution in [-0.2, 0) is 6.54 Å². The van der Waals surface area contributed by atoms with Crippen molar-refractivity contribution in [1.82, 2.24) is 24.8 Å². The highest BCUT2D eigenvalue weighted by Gasteiger charge is 2.25. The largest absolute Gasteiger partial charge is 0.349 e. The van der Waals surface area contributed by atoms with Gasteiger partial charge in [0.15, 0.2) is 5.65 Å². The van der Waals surface area contributed by atoms with Crippen molar-refractivity contribution >= 4 is 11.6 Å². The number of hydrogen-bond acceptors (Lipinski definition) is 5. The van der Waals surface area contributed by atoms with Crippen LogP contribution >= 0.6 is 0 Å². The minimum atomic E-state index is -0.118. The van der Waals surface area contributed by atoms with E-state index < -0.39 is 0 Å². The topological polar surface area (TPSA) is 88.5 Å². The maximum Gasteiger partial charge on any atom is 0.256 e. The Bertz CT molecular complexity index is 708. The molecule has 0 saturated heterocycles. The van der Waals surface area contributed by atoms with Gasteiger partial charge >= 0.3 is 0 Å². The van der Waals surface area contributed by atoms with Crippen LogP contribution in [0.5, 0.6) is 0 Å². The molecule has 130 valence electrons. The van der Waals surface area contributed by atoms with Crippen LogP contribution in [0.1, 0.15) is 49.0 Å². The van der Waals surface area contributed by atoms with E-state index >= 15 is 0 Å². The molecule has 2 aromatic heterocycles. The van der Waals surface area contributed by atoms with Gasteiger partial charge in [-0.3, -0.25) is 9.69 Å². The Hall–Kier alpha value is -1.99. The first-order valence-corrected chi connectivity index (χ1v) is 8.71. The molecule has 0 spiro atoms. The number of rotatable bonds is 6. The molecule has 0 bridgehead atoms. The van der Waals surface area contributed by atoms with Gasteiger partial charge in [-0.1, -0.05) is 13.8 Å². The van der Waals surface area contributed by atoms with Crippen molar-refractivity contribution < 1.29 is 4.79 Å². The first-order valence-electron chi connectivity index (χ1n) is 8.71. The molecule has 0 radical (unpaired) electrons. The molecule has 1 aliphatic carbocycles. The fraction of sp³-hybridized carbons (Fsp3) is 0.588. The Morgan fingerprint density at radius 3 is 2.83 bits per heavy atom. The fourth-order valence-corrected chi connectivity index (χ4v) is 3.27. The van der Waals surface area contributed by atoms with Crippen molar-refractivity contribution in [2.24, 2.45) is 5.73 Å². The van der Waals surface area contributed by atoms with Crippen molar-refractivity contribution in [2.75, 3.05) is 13.1 Å². The van der Waals surface area contributed by atoms with Crippen molar-refractivity contribution in [3.63, 3.8) is 0 Å². The summed E-state index contributed by atoms with van der Waals surface area (Å²) >= 11 is 0. The van der Waals surface area contributed by atoms with Gasteiger partial charge in [-0.15, -0.1) is 0 Å². The van der Waals surface area contributed by atoms with Gasteiger partial charge < -0.3 is 11.1 Å². The zero-order chi connectivity index (χ0) is 17.1. The summed E-state index contributed by atoms with van der Waals surface area (Å²) in [6.45, 7) is 7.09. The van der Waals surface area contributed by atoms with E-state index in [1.807, 2.05) is 12.4 Å². The Balaban J connectivity index is 1.74. The highest BCUT2D eigenvalue weighted by Crippen LogP contribution is 2.18. The molecule has 7 nitrogen and oxygen atoms in total. The van der Waals surface area contributed by atoms with Crippen molar-refractivity contribution in [1.29, 1.82) is 0 Å². The number of nitrogens with zero attached hydrogens (tertiary/aromatic N) is 4. The Morgan fingerprint density at radius 2 is 2.17 bits per heavy atom. The first-order chi connectivity index (χ1) is 11.6. The molecule has 3 rings (SSSR count). The number of nitrogens with two attached hydrogens (primary N) is 1. The summed E-state index contributed by atoms with van der Waals surface area (Å²) in [5.74, 6) is -0.118. The molecule has 24 heavy (non-hydrogen) atoms. The highest BCUT2D eigenvalue weighted by atomic mass is 16.1. The lowest BCUT2D eigenvalue weighted by atomic mass is 10.2. The molecule has 2 atom stereocenters. The number of carbonyl (C=O) groups excluding carboxylic acids is 1. The molecular formula is C17H26N6O. The predicted octanol–water partition coefficient (Wildman–Crippen LogP) is 1.18. The molecule has 2 heterocycles. The van der Waals surface area contributed by atoms with E-state index in [1.54, 1.807) is 10.7 Å². The summed E-state index contributed by atoms with van der Waals surface area (Å²) < 4.78 is 1.69. The smallest absolute Gasteiger partial charge is 0.256 e. The van der Waals surface area contributed by atoms with Gasteiger partial charge in [-0.25, -0.2) is 9.50 Å². The normalized spacial score (nSPS) is 20.8. The van der Waals surface area contributed by atoms with Crippen LogP contribution in [0, 0.1) is 0 Å². The molecule has 1 fully saturated rings. The van der Waals surface area contributed by atoms with E-state index in [1.165, 1.54) is 0 Å². The van der Waals surface area contributed by atoms with Crippen LogP contribution in [0.3, 0.4) is 0 Å². The fourth-order valence-electron chi connectivity index (χ4n) is 3.27. The third-order valence-electron chi connectivity index (χ3n) is 4.76. The minimum absolute atomic E-state index is 0.118. The molecule has 1 saturated carbocycles. The summed E-state index contributed by atoms with van der Waals surface area (Å²) in [5, 5.41) is 7.35. The van der Waals surface area contributed by atoms with E-state index in [9.17, 15) is 4.79 Å². The monoisotopic (exact) mass is 330 g/mol. The van der Waals surface area contributed by atoms with Crippen molar-refractivity contribution in [3.05, 3.63) is 29.7 Å². The van der Waals surface area contributed by atoms with Gasteiger partial charge in [0.2, 0.25) is 0 Å². The lowest BCUT2D eigenvalue weighted by Gasteiger charge is -2.17. The predicted molar refractivity (Wildman–Crippen MR) is 92.7 cm³/mol. The molecular weight excluding hydrogens is 304 g/mol.